The molecule has 2 aromatic carbocycles. The van der Waals surface area contributed by atoms with Crippen LogP contribution in [0.25, 0.3) is 11.1 Å². The molecule has 3 aromatic rings. The molecule has 34 heavy (non-hydrogen) atoms. The van der Waals surface area contributed by atoms with Gasteiger partial charge in [-0.25, -0.2) is 18.8 Å². The molecule has 0 saturated heterocycles. The van der Waals surface area contributed by atoms with Gasteiger partial charge in [0.25, 0.3) is 0 Å². The van der Waals surface area contributed by atoms with Crippen molar-refractivity contribution < 1.29 is 22.6 Å². The number of benzene rings is 2. The minimum Gasteiger partial charge on any atom is -0.490 e. The maximum absolute atomic E-state index is 15.2. The van der Waals surface area contributed by atoms with Crippen molar-refractivity contribution in [2.24, 2.45) is 10.7 Å². The average Bonchev–Trinajstić information content (AvgIpc) is 2.78. The molecule has 176 valence electrons. The van der Waals surface area contributed by atoms with E-state index in [1.54, 1.807) is 36.4 Å². The number of ether oxygens (including phenoxy) is 2. The van der Waals surface area contributed by atoms with Crippen LogP contribution in [0.5, 0.6) is 17.2 Å². The molecule has 2 aliphatic heterocycles. The first-order valence-electron chi connectivity index (χ1n) is 10.7. The van der Waals surface area contributed by atoms with Gasteiger partial charge in [-0.3, -0.25) is 0 Å². The second-order valence-electron chi connectivity index (χ2n) is 8.85. The number of aliphatic imine (C=N–C) groups is 1. The van der Waals surface area contributed by atoms with E-state index in [0.29, 0.717) is 45.3 Å². The molecule has 9 heteroatoms. The molecule has 0 bridgehead atoms. The Hall–Kier alpha value is -3.20. The third kappa shape index (κ3) is 3.98. The van der Waals surface area contributed by atoms with Gasteiger partial charge in [0.1, 0.15) is 29.3 Å². The molecule has 0 fully saturated rings. The Morgan fingerprint density at radius 3 is 2.74 bits per heavy atom. The first-order valence-corrected chi connectivity index (χ1v) is 11.7. The van der Waals surface area contributed by atoms with Gasteiger partial charge in [-0.1, -0.05) is 17.8 Å². The van der Waals surface area contributed by atoms with Crippen LogP contribution in [-0.4, -0.2) is 28.2 Å². The normalized spacial score (nSPS) is 19.1. The summed E-state index contributed by atoms with van der Waals surface area (Å²) in [4.78, 5) is 8.51. The molecule has 0 saturated carbocycles. The highest BCUT2D eigenvalue weighted by Gasteiger charge is 2.45. The zero-order valence-corrected chi connectivity index (χ0v) is 19.4. The number of aromatic nitrogens is 1. The summed E-state index contributed by atoms with van der Waals surface area (Å²) < 4.78 is 55.2. The Labute approximate surface area is 199 Å². The average molecular weight is 486 g/mol. The number of nitrogens with two attached hydrogens (primary N) is 1. The Kier molecular flexibility index (Phi) is 5.47. The summed E-state index contributed by atoms with van der Waals surface area (Å²) >= 11 is 1.40. The van der Waals surface area contributed by atoms with Gasteiger partial charge in [-0.05, 0) is 56.2 Å². The summed E-state index contributed by atoms with van der Waals surface area (Å²) in [7, 11) is 0. The number of rotatable bonds is 4. The monoisotopic (exact) mass is 485 g/mol. The maximum Gasteiger partial charge on any atom is 0.220 e. The molecule has 5 rings (SSSR count). The van der Waals surface area contributed by atoms with Crippen LogP contribution in [0, 0.1) is 11.8 Å². The molecule has 3 heterocycles. The summed E-state index contributed by atoms with van der Waals surface area (Å²) in [6, 6.07) is 11.2. The molecule has 5 nitrogen and oxygen atoms in total. The lowest BCUT2D eigenvalue weighted by molar-refractivity contribution is 0.120. The van der Waals surface area contributed by atoms with Crippen LogP contribution < -0.4 is 15.2 Å². The summed E-state index contributed by atoms with van der Waals surface area (Å²) in [5, 5.41) is 0.347. The van der Waals surface area contributed by atoms with Gasteiger partial charge in [-0.15, -0.1) is 0 Å². The second-order valence-corrected chi connectivity index (χ2v) is 9.97. The second kappa shape index (κ2) is 8.23. The van der Waals surface area contributed by atoms with E-state index in [-0.39, 0.29) is 18.1 Å². The van der Waals surface area contributed by atoms with Crippen LogP contribution in [0.4, 0.5) is 13.2 Å². The Morgan fingerprint density at radius 1 is 1.18 bits per heavy atom. The summed E-state index contributed by atoms with van der Waals surface area (Å²) in [5.41, 5.74) is 5.44. The topological polar surface area (TPSA) is 69.7 Å². The van der Waals surface area contributed by atoms with Gasteiger partial charge in [0.15, 0.2) is 16.7 Å². The lowest BCUT2D eigenvalue weighted by atomic mass is 9.77. The number of alkyl halides is 1. The van der Waals surface area contributed by atoms with Crippen LogP contribution in [0.3, 0.4) is 0 Å². The molecule has 0 unspecified atom stereocenters. The number of nitrogens with zero attached hydrogens (tertiary/aromatic N) is 2. The number of halogens is 3. The number of pyridine rings is 1. The highest BCUT2D eigenvalue weighted by molar-refractivity contribution is 8.13. The van der Waals surface area contributed by atoms with Crippen molar-refractivity contribution in [2.75, 3.05) is 12.4 Å². The highest BCUT2D eigenvalue weighted by atomic mass is 32.2. The molecule has 2 N–H and O–H groups in total. The fourth-order valence-electron chi connectivity index (χ4n) is 4.25. The molecule has 1 atom stereocenters. The van der Waals surface area contributed by atoms with E-state index in [0.717, 1.165) is 0 Å². The Bertz CT molecular complexity index is 1310. The van der Waals surface area contributed by atoms with Gasteiger partial charge in [0.2, 0.25) is 5.95 Å². The van der Waals surface area contributed by atoms with E-state index in [9.17, 15) is 8.78 Å². The molecule has 1 aromatic heterocycles. The third-order valence-electron chi connectivity index (χ3n) is 5.77. The lowest BCUT2D eigenvalue weighted by Gasteiger charge is -2.39. The van der Waals surface area contributed by atoms with Gasteiger partial charge in [0, 0.05) is 34.7 Å². The van der Waals surface area contributed by atoms with E-state index in [1.807, 2.05) is 0 Å². The van der Waals surface area contributed by atoms with Crippen molar-refractivity contribution in [3.8, 4) is 28.4 Å². The predicted molar refractivity (Wildman–Crippen MR) is 126 cm³/mol. The van der Waals surface area contributed by atoms with Gasteiger partial charge in [0.05, 0.1) is 0 Å². The van der Waals surface area contributed by atoms with Gasteiger partial charge in [-0.2, -0.15) is 4.39 Å². The van der Waals surface area contributed by atoms with Gasteiger partial charge < -0.3 is 15.2 Å². The smallest absolute Gasteiger partial charge is 0.220 e. The molecule has 0 aliphatic carbocycles. The van der Waals surface area contributed by atoms with E-state index in [4.69, 9.17) is 20.2 Å². The van der Waals surface area contributed by atoms with E-state index in [2.05, 4.69) is 4.98 Å². The molecular weight excluding hydrogens is 463 g/mol. The van der Waals surface area contributed by atoms with Crippen LogP contribution in [0.2, 0.25) is 0 Å². The summed E-state index contributed by atoms with van der Waals surface area (Å²) in [6.45, 7) is 2.51. The molecule has 2 aliphatic rings. The molecule has 1 spiro atoms. The predicted octanol–water partition coefficient (Wildman–Crippen LogP) is 5.95. The highest BCUT2D eigenvalue weighted by Crippen LogP contribution is 2.55. The summed E-state index contributed by atoms with van der Waals surface area (Å²) in [5.74, 6) is -0.0430. The SMILES string of the molecule is CC(C)(F)COc1cc(F)c2c(c1)[C@]1(CCSC(N)=N1)c1cc(-c3cccnc3F)ccc1O2. The first kappa shape index (κ1) is 22.6. The lowest BCUT2D eigenvalue weighted by Crippen LogP contribution is -2.36. The van der Waals surface area contributed by atoms with E-state index in [1.165, 1.54) is 37.9 Å². The molecule has 0 radical (unpaired) electrons. The maximum atomic E-state index is 15.2. The minimum atomic E-state index is -1.60. The number of hydrogen-bond donors (Lipinski definition) is 1. The third-order valence-corrected chi connectivity index (χ3v) is 6.56. The van der Waals surface area contributed by atoms with Crippen molar-refractivity contribution in [3.05, 3.63) is 71.6 Å². The quantitative estimate of drug-likeness (QED) is 0.462. The zero-order chi connectivity index (χ0) is 24.1. The zero-order valence-electron chi connectivity index (χ0n) is 18.6. The molecule has 0 amide bonds. The Morgan fingerprint density at radius 2 is 2.00 bits per heavy atom. The minimum absolute atomic E-state index is 0.0168. The van der Waals surface area contributed by atoms with Gasteiger partial charge >= 0.3 is 0 Å². The van der Waals surface area contributed by atoms with Crippen molar-refractivity contribution in [1.82, 2.24) is 4.98 Å². The number of hydrogen-bond acceptors (Lipinski definition) is 6. The van der Waals surface area contributed by atoms with Crippen LogP contribution >= 0.6 is 11.8 Å². The first-order chi connectivity index (χ1) is 16.2. The summed E-state index contributed by atoms with van der Waals surface area (Å²) in [6.07, 6.45) is 1.88. The van der Waals surface area contributed by atoms with Crippen LogP contribution in [0.15, 0.2) is 53.7 Å². The number of amidine groups is 1. The van der Waals surface area contributed by atoms with E-state index < -0.39 is 23.0 Å². The van der Waals surface area contributed by atoms with Crippen LogP contribution in [-0.2, 0) is 5.54 Å². The fourth-order valence-corrected chi connectivity index (χ4v) is 5.08. The van der Waals surface area contributed by atoms with Crippen molar-refractivity contribution in [2.45, 2.75) is 31.5 Å². The van der Waals surface area contributed by atoms with Crippen molar-refractivity contribution in [3.63, 3.8) is 0 Å². The number of thioether (sulfide) groups is 1. The Balaban J connectivity index is 1.70. The standard InChI is InChI=1S/C25H22F3N3O2S/c1-24(2,28)13-32-15-11-18-21(19(26)12-15)33-20-6-5-14(16-4-3-8-30-22(16)27)10-17(20)25(18)7-9-34-23(29)31-25/h3-6,8,10-12H,7,9,13H2,1-2H3,(H2,29,31)/t25-/m0/s1. The van der Waals surface area contributed by atoms with E-state index >= 15 is 4.39 Å². The largest absolute Gasteiger partial charge is 0.490 e. The van der Waals surface area contributed by atoms with Crippen molar-refractivity contribution >= 4 is 16.9 Å². The van der Waals surface area contributed by atoms with Crippen molar-refractivity contribution in [1.29, 1.82) is 0 Å². The van der Waals surface area contributed by atoms with Crippen LogP contribution in [0.1, 0.15) is 31.4 Å². The fraction of sp³-hybridized carbons (Fsp3) is 0.280. The number of fused-ring (bicyclic) bond motifs is 4. The molecular formula is C25H22F3N3O2S.